The number of benzene rings is 4. The highest BCUT2D eigenvalue weighted by Gasteiger charge is 2.66. The molecule has 366 valence electrons. The van der Waals surface area contributed by atoms with Crippen molar-refractivity contribution in [1.29, 1.82) is 0 Å². The van der Waals surface area contributed by atoms with Crippen LogP contribution in [-0.2, 0) is 27.5 Å². The molecule has 2 heterocycles. The van der Waals surface area contributed by atoms with Crippen molar-refractivity contribution in [3.05, 3.63) is 154 Å². The van der Waals surface area contributed by atoms with Crippen molar-refractivity contribution in [2.75, 3.05) is 26.4 Å². The number of ether oxygens (including phenoxy) is 5. The molecular formula is C53H59F2N3O11. The Balaban J connectivity index is 1.32. The first kappa shape index (κ1) is 49.2. The third-order valence-electron chi connectivity index (χ3n) is 13.5. The number of aliphatic hydroxyl groups excluding tert-OH is 2. The van der Waals surface area contributed by atoms with Gasteiger partial charge in [-0.05, 0) is 110 Å². The van der Waals surface area contributed by atoms with Crippen molar-refractivity contribution in [3.8, 4) is 17.2 Å². The highest BCUT2D eigenvalue weighted by Crippen LogP contribution is 2.62. The van der Waals surface area contributed by atoms with Crippen molar-refractivity contribution in [3.63, 3.8) is 0 Å². The van der Waals surface area contributed by atoms with E-state index in [0.717, 1.165) is 36.8 Å². The average molecular weight is 952 g/mol. The third-order valence-corrected chi connectivity index (χ3v) is 13.5. The van der Waals surface area contributed by atoms with Crippen molar-refractivity contribution >= 4 is 17.5 Å². The van der Waals surface area contributed by atoms with E-state index in [2.05, 4.69) is 12.7 Å². The number of oxime groups is 1. The number of hydrogen-bond donors (Lipinski definition) is 2. The van der Waals surface area contributed by atoms with Crippen LogP contribution in [0.1, 0.15) is 86.8 Å². The number of unbranched alkanes of at least 4 members (excludes halogenated alkanes) is 2. The summed E-state index contributed by atoms with van der Waals surface area (Å²) in [6, 6.07) is 21.8. The fourth-order valence-corrected chi connectivity index (χ4v) is 10.3. The van der Waals surface area contributed by atoms with Gasteiger partial charge >= 0.3 is 6.09 Å². The lowest BCUT2D eigenvalue weighted by atomic mass is 9.55. The SMILES string of the molecule is C=CCOC12Oc3ccc(OCc4ccccc4F)cc3C3C(CCCCO)C(CCCCO)C=C(C(=NOC4CCCCO4)CC1N(Cc1ccc(F)cc1)C(=O)Oc1ccc([N+](=O)[O-])cc1)C32. The fourth-order valence-electron chi connectivity index (χ4n) is 10.3. The summed E-state index contributed by atoms with van der Waals surface area (Å²) in [5.74, 6) is -2.85. The minimum absolute atomic E-state index is 0.00583. The van der Waals surface area contributed by atoms with Gasteiger partial charge in [0.15, 0.2) is 0 Å². The van der Waals surface area contributed by atoms with Crippen molar-refractivity contribution in [2.24, 2.45) is 22.9 Å². The third kappa shape index (κ3) is 11.3. The van der Waals surface area contributed by atoms with Gasteiger partial charge in [-0.2, -0.15) is 0 Å². The molecule has 4 aromatic rings. The van der Waals surface area contributed by atoms with Gasteiger partial charge in [0, 0.05) is 61.8 Å². The molecule has 0 radical (unpaired) electrons. The number of carbonyl (C=O) groups excluding carboxylic acids is 1. The molecule has 4 aliphatic rings. The molecule has 1 saturated carbocycles. The Morgan fingerprint density at radius 3 is 2.42 bits per heavy atom. The Hall–Kier alpha value is -6.20. The van der Waals surface area contributed by atoms with Gasteiger partial charge < -0.3 is 38.7 Å². The summed E-state index contributed by atoms with van der Waals surface area (Å²) in [6.07, 6.45) is 8.77. The van der Waals surface area contributed by atoms with E-state index in [9.17, 15) is 29.1 Å². The molecule has 16 heteroatoms. The van der Waals surface area contributed by atoms with E-state index in [-0.39, 0.29) is 62.7 Å². The molecule has 0 aromatic heterocycles. The minimum Gasteiger partial charge on any atom is -0.489 e. The Kier molecular flexibility index (Phi) is 16.4. The maximum atomic E-state index is 15.1. The number of fused-ring (bicyclic) bond motifs is 2. The Labute approximate surface area is 400 Å². The summed E-state index contributed by atoms with van der Waals surface area (Å²) < 4.78 is 62.1. The van der Waals surface area contributed by atoms with E-state index in [0.29, 0.717) is 67.0 Å². The molecule has 7 unspecified atom stereocenters. The summed E-state index contributed by atoms with van der Waals surface area (Å²) in [5, 5.41) is 36.4. The molecule has 0 bridgehead atoms. The molecule has 14 nitrogen and oxygen atoms in total. The zero-order valence-electron chi connectivity index (χ0n) is 38.5. The molecule has 1 saturated heterocycles. The topological polar surface area (TPSA) is 172 Å². The van der Waals surface area contributed by atoms with Crippen molar-refractivity contribution < 1.29 is 57.2 Å². The first-order valence-electron chi connectivity index (χ1n) is 23.8. The van der Waals surface area contributed by atoms with Gasteiger partial charge in [0.1, 0.15) is 41.5 Å². The largest absolute Gasteiger partial charge is 0.489 e. The number of nitrogens with zero attached hydrogens (tertiary/aromatic N) is 3. The van der Waals surface area contributed by atoms with Gasteiger partial charge in [0.25, 0.3) is 5.69 Å². The van der Waals surface area contributed by atoms with Crippen LogP contribution in [0, 0.1) is 39.5 Å². The minimum atomic E-state index is -1.69. The summed E-state index contributed by atoms with van der Waals surface area (Å²) >= 11 is 0. The van der Waals surface area contributed by atoms with Crippen LogP contribution in [0.15, 0.2) is 120 Å². The lowest BCUT2D eigenvalue weighted by Crippen LogP contribution is -2.70. The lowest BCUT2D eigenvalue weighted by molar-refractivity contribution is -0.384. The van der Waals surface area contributed by atoms with Crippen LogP contribution in [0.5, 0.6) is 17.2 Å². The van der Waals surface area contributed by atoms with Gasteiger partial charge in [0.05, 0.1) is 29.8 Å². The van der Waals surface area contributed by atoms with E-state index in [1.165, 1.54) is 47.4 Å². The molecule has 0 spiro atoms. The first-order chi connectivity index (χ1) is 33.6. The molecule has 7 atom stereocenters. The van der Waals surface area contributed by atoms with Crippen LogP contribution >= 0.6 is 0 Å². The summed E-state index contributed by atoms with van der Waals surface area (Å²) in [6.45, 7) is 4.39. The molecule has 8 rings (SSSR count). The number of rotatable bonds is 21. The van der Waals surface area contributed by atoms with Crippen LogP contribution in [0.2, 0.25) is 0 Å². The normalized spacial score (nSPS) is 24.2. The first-order valence-corrected chi connectivity index (χ1v) is 23.8. The highest BCUT2D eigenvalue weighted by atomic mass is 19.1. The van der Waals surface area contributed by atoms with Gasteiger partial charge in [-0.15, -0.1) is 6.58 Å². The van der Waals surface area contributed by atoms with E-state index in [4.69, 9.17) is 33.7 Å². The number of hydrogen-bond acceptors (Lipinski definition) is 12. The number of nitro groups is 1. The molecule has 2 aliphatic heterocycles. The zero-order valence-corrected chi connectivity index (χ0v) is 38.5. The standard InChI is InChI=1S/C53H59F2N3O11/c1-2-28-66-53-48(57(33-35-16-18-38(54)19-17-35)52(61)67-40-22-20-39(21-23-40)58(62)63)32-46(56-69-49-15-7-10-29-64-49)43-30-36(11-5-8-26-59)42(13-6-9-27-60)50(51(43)53)44-31-41(24-25-47(44)68-53)65-34-37-12-3-4-14-45(37)55/h2-4,12,14,16-25,30-31,36,42,48-51,59-60H,1,5-11,13,15,26-29,32-34H2. The smallest absolute Gasteiger partial charge is 0.416 e. The van der Waals surface area contributed by atoms with Gasteiger partial charge in [-0.25, -0.2) is 13.6 Å². The number of aliphatic hydroxyl groups is 2. The van der Waals surface area contributed by atoms with Gasteiger partial charge in [0.2, 0.25) is 12.1 Å². The number of non-ortho nitro benzene ring substituents is 1. The van der Waals surface area contributed by atoms with Crippen LogP contribution in [-0.4, -0.2) is 76.4 Å². The Morgan fingerprint density at radius 1 is 0.957 bits per heavy atom. The van der Waals surface area contributed by atoms with E-state index in [1.54, 1.807) is 48.5 Å². The highest BCUT2D eigenvalue weighted by molar-refractivity contribution is 6.03. The van der Waals surface area contributed by atoms with E-state index >= 15 is 4.79 Å². The molecular weight excluding hydrogens is 893 g/mol. The second-order valence-electron chi connectivity index (χ2n) is 17.9. The second-order valence-corrected chi connectivity index (χ2v) is 17.9. The quantitative estimate of drug-likeness (QED) is 0.0352. The average Bonchev–Trinajstić information content (AvgIpc) is 3.36. The lowest BCUT2D eigenvalue weighted by Gasteiger charge is -2.59. The Bertz CT molecular complexity index is 2460. The molecule has 2 aliphatic carbocycles. The fraction of sp³-hybridized carbons (Fsp3) is 0.434. The molecule has 1 amide bonds. The van der Waals surface area contributed by atoms with Crippen LogP contribution in [0.3, 0.4) is 0 Å². The molecule has 69 heavy (non-hydrogen) atoms. The van der Waals surface area contributed by atoms with E-state index < -0.39 is 52.6 Å². The Morgan fingerprint density at radius 2 is 1.71 bits per heavy atom. The maximum Gasteiger partial charge on any atom is 0.416 e. The second kappa shape index (κ2) is 22.9. The maximum absolute atomic E-state index is 15.1. The number of halogens is 2. The molecule has 2 N–H and O–H groups in total. The molecule has 4 aromatic carbocycles. The summed E-state index contributed by atoms with van der Waals surface area (Å²) in [7, 11) is 0. The summed E-state index contributed by atoms with van der Waals surface area (Å²) in [5.41, 5.74) is 2.86. The van der Waals surface area contributed by atoms with Gasteiger partial charge in [-0.1, -0.05) is 60.5 Å². The molecule has 2 fully saturated rings. The van der Waals surface area contributed by atoms with Crippen LogP contribution in [0.4, 0.5) is 19.3 Å². The predicted octanol–water partition coefficient (Wildman–Crippen LogP) is 10.3. The van der Waals surface area contributed by atoms with Crippen molar-refractivity contribution in [2.45, 2.75) is 101 Å². The number of allylic oxidation sites excluding steroid dienone is 1. The number of nitro benzene ring substituents is 1. The predicted molar refractivity (Wildman–Crippen MR) is 251 cm³/mol. The van der Waals surface area contributed by atoms with Gasteiger partial charge in [-0.3, -0.25) is 15.0 Å². The number of amides is 1. The number of carbonyl (C=O) groups is 1. The van der Waals surface area contributed by atoms with Crippen LogP contribution < -0.4 is 14.2 Å². The van der Waals surface area contributed by atoms with Crippen molar-refractivity contribution in [1.82, 2.24) is 4.90 Å². The van der Waals surface area contributed by atoms with Crippen LogP contribution in [0.25, 0.3) is 0 Å². The zero-order chi connectivity index (χ0) is 48.3. The van der Waals surface area contributed by atoms with E-state index in [1.807, 2.05) is 6.07 Å². The monoisotopic (exact) mass is 951 g/mol. The summed E-state index contributed by atoms with van der Waals surface area (Å²) in [4.78, 5) is 33.8.